The highest BCUT2D eigenvalue weighted by atomic mass is 32.2. The van der Waals surface area contributed by atoms with E-state index in [4.69, 9.17) is 0 Å². The summed E-state index contributed by atoms with van der Waals surface area (Å²) in [5, 5.41) is 1.90. The largest absolute Gasteiger partial charge is 0.322 e. The van der Waals surface area contributed by atoms with Gasteiger partial charge in [-0.15, -0.1) is 0 Å². The summed E-state index contributed by atoms with van der Waals surface area (Å²) >= 11 is 0. The van der Waals surface area contributed by atoms with Gasteiger partial charge in [-0.3, -0.25) is 4.79 Å². The van der Waals surface area contributed by atoms with Crippen molar-refractivity contribution >= 4 is 21.6 Å². The Kier molecular flexibility index (Phi) is 5.43. The van der Waals surface area contributed by atoms with Crippen molar-refractivity contribution < 1.29 is 30.8 Å². The van der Waals surface area contributed by atoms with Crippen LogP contribution < -0.4 is 10.0 Å². The van der Waals surface area contributed by atoms with Crippen molar-refractivity contribution in [1.29, 1.82) is 0 Å². The molecule has 5 nitrogen and oxygen atoms in total. The van der Waals surface area contributed by atoms with Crippen LogP contribution in [0.3, 0.4) is 0 Å². The molecule has 2 rings (SSSR count). The fourth-order valence-corrected chi connectivity index (χ4v) is 2.80. The molecule has 25 heavy (non-hydrogen) atoms. The lowest BCUT2D eigenvalue weighted by molar-refractivity contribution is -0.115. The minimum atomic E-state index is -4.19. The highest BCUT2D eigenvalue weighted by molar-refractivity contribution is 7.89. The quantitative estimate of drug-likeness (QED) is 0.622. The number of carbonyl (C=O) groups excluding carboxylic acids is 1. The van der Waals surface area contributed by atoms with Gasteiger partial charge in [0.1, 0.15) is 5.82 Å². The summed E-state index contributed by atoms with van der Waals surface area (Å²) in [4.78, 5) is 11.3. The van der Waals surface area contributed by atoms with Gasteiger partial charge in [0.2, 0.25) is 15.9 Å². The van der Waals surface area contributed by atoms with Gasteiger partial charge >= 0.3 is 0 Å². The normalized spacial score (nSPS) is 11.4. The molecule has 10 heteroatoms. The monoisotopic (exact) mass is 376 g/mol. The number of hydrogen-bond donors (Lipinski definition) is 2. The van der Waals surface area contributed by atoms with Crippen molar-refractivity contribution in [3.63, 3.8) is 0 Å². The van der Waals surface area contributed by atoms with Crippen LogP contribution in [0.1, 0.15) is 5.56 Å². The first-order chi connectivity index (χ1) is 11.6. The summed E-state index contributed by atoms with van der Waals surface area (Å²) in [6.07, 6.45) is 0. The van der Waals surface area contributed by atoms with Gasteiger partial charge in [-0.05, 0) is 36.8 Å². The van der Waals surface area contributed by atoms with Gasteiger partial charge in [0.05, 0.1) is 17.1 Å². The van der Waals surface area contributed by atoms with E-state index in [2.05, 4.69) is 0 Å². The summed E-state index contributed by atoms with van der Waals surface area (Å²) < 4.78 is 78.6. The molecule has 2 aromatic carbocycles. The lowest BCUT2D eigenvalue weighted by atomic mass is 10.2. The molecule has 134 valence electrons. The van der Waals surface area contributed by atoms with E-state index >= 15 is 0 Å². The number of amides is 1. The predicted molar refractivity (Wildman–Crippen MR) is 81.3 cm³/mol. The Morgan fingerprint density at radius 1 is 1.00 bits per heavy atom. The van der Waals surface area contributed by atoms with Gasteiger partial charge in [-0.25, -0.2) is 30.7 Å². The van der Waals surface area contributed by atoms with E-state index in [-0.39, 0.29) is 5.56 Å². The minimum absolute atomic E-state index is 0.241. The van der Waals surface area contributed by atoms with Crippen LogP contribution in [0.4, 0.5) is 23.2 Å². The van der Waals surface area contributed by atoms with Crippen LogP contribution in [-0.2, 0) is 14.8 Å². The van der Waals surface area contributed by atoms with Crippen LogP contribution in [0.2, 0.25) is 0 Å². The Morgan fingerprint density at radius 3 is 2.32 bits per heavy atom. The zero-order valence-corrected chi connectivity index (χ0v) is 13.6. The highest BCUT2D eigenvalue weighted by Crippen LogP contribution is 2.19. The average molecular weight is 376 g/mol. The van der Waals surface area contributed by atoms with Crippen molar-refractivity contribution in [1.82, 2.24) is 4.72 Å². The molecule has 0 fully saturated rings. The van der Waals surface area contributed by atoms with Crippen LogP contribution in [0, 0.1) is 30.2 Å². The second kappa shape index (κ2) is 7.19. The summed E-state index contributed by atoms with van der Waals surface area (Å²) in [6.45, 7) is 0.624. The maximum Gasteiger partial charge on any atom is 0.241 e. The summed E-state index contributed by atoms with van der Waals surface area (Å²) in [7, 11) is -4.19. The third kappa shape index (κ3) is 4.34. The summed E-state index contributed by atoms with van der Waals surface area (Å²) in [5.74, 6) is -6.58. The molecular weight excluding hydrogens is 364 g/mol. The lowest BCUT2D eigenvalue weighted by Gasteiger charge is -2.09. The zero-order valence-electron chi connectivity index (χ0n) is 12.7. The van der Waals surface area contributed by atoms with E-state index in [1.165, 1.54) is 13.0 Å². The van der Waals surface area contributed by atoms with E-state index in [0.717, 1.165) is 18.2 Å². The van der Waals surface area contributed by atoms with Gasteiger partial charge in [0.15, 0.2) is 17.5 Å². The molecule has 0 radical (unpaired) electrons. The van der Waals surface area contributed by atoms with E-state index in [1.807, 2.05) is 10.0 Å². The molecule has 0 saturated carbocycles. The predicted octanol–water partition coefficient (Wildman–Crippen LogP) is 2.47. The van der Waals surface area contributed by atoms with Crippen molar-refractivity contribution in [2.45, 2.75) is 11.8 Å². The van der Waals surface area contributed by atoms with Crippen molar-refractivity contribution in [2.24, 2.45) is 0 Å². The van der Waals surface area contributed by atoms with E-state index in [1.54, 1.807) is 0 Å². The molecule has 0 unspecified atom stereocenters. The van der Waals surface area contributed by atoms with E-state index < -0.39 is 56.3 Å². The third-order valence-corrected chi connectivity index (χ3v) is 4.58. The molecular formula is C15H12F4N2O3S. The number of carbonyl (C=O) groups is 1. The topological polar surface area (TPSA) is 75.3 Å². The molecule has 0 bridgehead atoms. The second-order valence-corrected chi connectivity index (χ2v) is 6.77. The first-order valence-corrected chi connectivity index (χ1v) is 8.29. The highest BCUT2D eigenvalue weighted by Gasteiger charge is 2.19. The first kappa shape index (κ1) is 18.9. The van der Waals surface area contributed by atoms with Crippen molar-refractivity contribution in [3.05, 3.63) is 59.2 Å². The lowest BCUT2D eigenvalue weighted by Crippen LogP contribution is -2.33. The Bertz CT molecular complexity index is 933. The average Bonchev–Trinajstić information content (AvgIpc) is 2.56. The second-order valence-electron chi connectivity index (χ2n) is 5.01. The number of anilines is 1. The van der Waals surface area contributed by atoms with E-state index in [9.17, 15) is 30.8 Å². The Balaban J connectivity index is 2.06. The van der Waals surface area contributed by atoms with Crippen LogP contribution in [-0.4, -0.2) is 20.9 Å². The van der Waals surface area contributed by atoms with Gasteiger partial charge in [-0.1, -0.05) is 6.07 Å². The van der Waals surface area contributed by atoms with Gasteiger partial charge in [-0.2, -0.15) is 0 Å². The molecule has 0 aromatic heterocycles. The van der Waals surface area contributed by atoms with Gasteiger partial charge < -0.3 is 5.32 Å². The molecule has 1 amide bonds. The molecule has 2 aromatic rings. The number of hydrogen-bond acceptors (Lipinski definition) is 3. The number of benzene rings is 2. The number of aryl methyl sites for hydroxylation is 1. The standard InChI is InChI=1S/C15H12F4N2O3S/c1-8-2-3-9(6-11(8)17)25(23,24)20-7-13(22)21-12-5-4-10(16)14(18)15(12)19/h2-6,20H,7H2,1H3,(H,21,22). The minimum Gasteiger partial charge on any atom is -0.322 e. The Hall–Kier alpha value is -2.46. The smallest absolute Gasteiger partial charge is 0.241 e. The van der Waals surface area contributed by atoms with Crippen LogP contribution in [0.15, 0.2) is 35.2 Å². The SMILES string of the molecule is Cc1ccc(S(=O)(=O)NCC(=O)Nc2ccc(F)c(F)c2F)cc1F. The van der Waals surface area contributed by atoms with Crippen molar-refractivity contribution in [2.75, 3.05) is 11.9 Å². The summed E-state index contributed by atoms with van der Waals surface area (Å²) in [6, 6.07) is 4.57. The van der Waals surface area contributed by atoms with Crippen LogP contribution >= 0.6 is 0 Å². The third-order valence-electron chi connectivity index (χ3n) is 3.19. The fourth-order valence-electron chi connectivity index (χ4n) is 1.80. The number of halogens is 4. The van der Waals surface area contributed by atoms with Crippen molar-refractivity contribution in [3.8, 4) is 0 Å². The van der Waals surface area contributed by atoms with Crippen LogP contribution in [0.5, 0.6) is 0 Å². The first-order valence-electron chi connectivity index (χ1n) is 6.81. The molecule has 0 aliphatic carbocycles. The molecule has 0 spiro atoms. The molecule has 2 N–H and O–H groups in total. The molecule has 0 aliphatic rings. The molecule has 0 heterocycles. The molecule has 0 atom stereocenters. The van der Waals surface area contributed by atoms with Gasteiger partial charge in [0, 0.05) is 0 Å². The number of rotatable bonds is 5. The van der Waals surface area contributed by atoms with E-state index in [0.29, 0.717) is 6.07 Å². The Labute approximate surface area is 140 Å². The van der Waals surface area contributed by atoms with Crippen LogP contribution in [0.25, 0.3) is 0 Å². The maximum atomic E-state index is 13.4. The van der Waals surface area contributed by atoms with Gasteiger partial charge in [0.25, 0.3) is 0 Å². The summed E-state index contributed by atoms with van der Waals surface area (Å²) in [5.41, 5.74) is -0.407. The Morgan fingerprint density at radius 2 is 1.68 bits per heavy atom. The number of nitrogens with one attached hydrogen (secondary N) is 2. The molecule has 0 saturated heterocycles. The maximum absolute atomic E-state index is 13.4. The number of sulfonamides is 1. The molecule has 0 aliphatic heterocycles. The zero-order chi connectivity index (χ0) is 18.8. The fraction of sp³-hybridized carbons (Fsp3) is 0.133.